The minimum absolute atomic E-state index is 0.286. The molecule has 0 saturated carbocycles. The molecule has 92 valence electrons. The molecule has 0 fully saturated rings. The first-order chi connectivity index (χ1) is 8.20. The molecule has 1 aromatic rings. The van der Waals surface area contributed by atoms with E-state index >= 15 is 0 Å². The van der Waals surface area contributed by atoms with Crippen LogP contribution in [0.5, 0.6) is 0 Å². The van der Waals surface area contributed by atoms with E-state index in [0.717, 1.165) is 25.7 Å². The van der Waals surface area contributed by atoms with Gasteiger partial charge in [0.1, 0.15) is 5.78 Å². The van der Waals surface area contributed by atoms with Gasteiger partial charge in [0.2, 0.25) is 0 Å². The minimum atomic E-state index is 0.286. The van der Waals surface area contributed by atoms with E-state index in [1.165, 1.54) is 17.0 Å². The number of Topliss-reactive ketones (excluding diaryl/α,β-unsaturated/α-hetero) is 1. The highest BCUT2D eigenvalue weighted by atomic mass is 16.1. The minimum Gasteiger partial charge on any atom is -0.362 e. The van der Waals surface area contributed by atoms with Gasteiger partial charge in [-0.25, -0.2) is 0 Å². The van der Waals surface area contributed by atoms with Crippen molar-refractivity contribution in [2.45, 2.75) is 51.9 Å². The van der Waals surface area contributed by atoms with Crippen LogP contribution in [0.15, 0.2) is 18.2 Å². The largest absolute Gasteiger partial charge is 0.362 e. The summed E-state index contributed by atoms with van der Waals surface area (Å²) in [6, 6.07) is 2.27. The zero-order valence-electron chi connectivity index (χ0n) is 10.8. The highest BCUT2D eigenvalue weighted by molar-refractivity contribution is 5.76. The molecule has 0 amide bonds. The number of allylic oxidation sites excluding steroid dienone is 2. The molecule has 1 aliphatic rings. The number of nitrogens with one attached hydrogen (secondary N) is 1. The lowest BCUT2D eigenvalue weighted by molar-refractivity contribution is -0.117. The molecule has 1 atom stereocenters. The van der Waals surface area contributed by atoms with E-state index in [2.05, 4.69) is 30.1 Å². The van der Waals surface area contributed by atoms with Gasteiger partial charge < -0.3 is 9.78 Å². The van der Waals surface area contributed by atoms with Crippen LogP contribution in [0.25, 0.3) is 0 Å². The summed E-state index contributed by atoms with van der Waals surface area (Å²) in [6.45, 7) is 3.87. The van der Waals surface area contributed by atoms with Crippen molar-refractivity contribution >= 4 is 5.78 Å². The van der Waals surface area contributed by atoms with Crippen molar-refractivity contribution in [3.63, 3.8) is 0 Å². The second-order valence-corrected chi connectivity index (χ2v) is 5.00. The number of H-pyrrole nitrogens is 1. The van der Waals surface area contributed by atoms with E-state index in [9.17, 15) is 4.79 Å². The Labute approximate surface area is 103 Å². The van der Waals surface area contributed by atoms with Gasteiger partial charge in [0, 0.05) is 30.1 Å². The number of hydrogen-bond acceptors (Lipinski definition) is 1. The van der Waals surface area contributed by atoms with Crippen LogP contribution in [-0.4, -0.2) is 10.8 Å². The summed E-state index contributed by atoms with van der Waals surface area (Å²) in [5.74, 6) is 0.664. The lowest BCUT2D eigenvalue weighted by Crippen LogP contribution is -2.04. The highest BCUT2D eigenvalue weighted by Crippen LogP contribution is 2.28. The maximum absolute atomic E-state index is 11.3. The molecule has 0 spiro atoms. The second-order valence-electron chi connectivity index (χ2n) is 5.00. The quantitative estimate of drug-likeness (QED) is 0.772. The van der Waals surface area contributed by atoms with Gasteiger partial charge in [0.05, 0.1) is 0 Å². The predicted octanol–water partition coefficient (Wildman–Crippen LogP) is 3.53. The summed E-state index contributed by atoms with van der Waals surface area (Å²) in [7, 11) is 0. The Balaban J connectivity index is 2.18. The van der Waals surface area contributed by atoms with Crippen LogP contribution in [0.1, 0.15) is 56.0 Å². The SMILES string of the molecule is CCC[C@@H](CC(C)=O)c1cc2c([nH]1)CC=CC2. The van der Waals surface area contributed by atoms with Gasteiger partial charge in [-0.1, -0.05) is 25.5 Å². The molecule has 1 heterocycles. The van der Waals surface area contributed by atoms with E-state index < -0.39 is 0 Å². The van der Waals surface area contributed by atoms with Gasteiger partial charge in [-0.15, -0.1) is 0 Å². The molecule has 1 N–H and O–H groups in total. The van der Waals surface area contributed by atoms with Crippen LogP contribution in [0.2, 0.25) is 0 Å². The van der Waals surface area contributed by atoms with Crippen molar-refractivity contribution in [2.24, 2.45) is 0 Å². The summed E-state index contributed by atoms with van der Waals surface area (Å²) in [5.41, 5.74) is 4.01. The molecule has 0 radical (unpaired) electrons. The normalized spacial score (nSPS) is 15.6. The van der Waals surface area contributed by atoms with Gasteiger partial charge >= 0.3 is 0 Å². The first-order valence-electron chi connectivity index (χ1n) is 6.55. The second kappa shape index (κ2) is 5.35. The molecule has 0 aliphatic heterocycles. The van der Waals surface area contributed by atoms with E-state index in [1.54, 1.807) is 6.92 Å². The smallest absolute Gasteiger partial charge is 0.130 e. The summed E-state index contributed by atoms with van der Waals surface area (Å²) < 4.78 is 0. The number of fused-ring (bicyclic) bond motifs is 1. The van der Waals surface area contributed by atoms with Crippen molar-refractivity contribution in [1.82, 2.24) is 4.98 Å². The molecule has 0 unspecified atom stereocenters. The number of aromatic nitrogens is 1. The Morgan fingerprint density at radius 3 is 2.82 bits per heavy atom. The maximum atomic E-state index is 11.3. The van der Waals surface area contributed by atoms with Crippen molar-refractivity contribution in [2.75, 3.05) is 0 Å². The van der Waals surface area contributed by atoms with Crippen LogP contribution in [0, 0.1) is 0 Å². The van der Waals surface area contributed by atoms with Gasteiger partial charge in [-0.3, -0.25) is 0 Å². The number of aromatic amines is 1. The molecule has 1 aromatic heterocycles. The van der Waals surface area contributed by atoms with Gasteiger partial charge in [-0.2, -0.15) is 0 Å². The molecule has 0 aromatic carbocycles. The average molecular weight is 231 g/mol. The van der Waals surface area contributed by atoms with E-state index in [1.807, 2.05) is 0 Å². The standard InChI is InChI=1S/C15H21NO/c1-3-6-12(9-11(2)17)15-10-13-7-4-5-8-14(13)16-15/h4-5,10,12,16H,3,6-9H2,1-2H3/t12-/m0/s1. The Morgan fingerprint density at radius 2 is 2.18 bits per heavy atom. The lowest BCUT2D eigenvalue weighted by atomic mass is 9.94. The van der Waals surface area contributed by atoms with Crippen molar-refractivity contribution in [3.05, 3.63) is 35.2 Å². The Hall–Kier alpha value is -1.31. The molecule has 2 nitrogen and oxygen atoms in total. The van der Waals surface area contributed by atoms with Crippen molar-refractivity contribution in [3.8, 4) is 0 Å². The zero-order chi connectivity index (χ0) is 12.3. The first kappa shape index (κ1) is 12.2. The first-order valence-corrected chi connectivity index (χ1v) is 6.55. The molecule has 2 heteroatoms. The van der Waals surface area contributed by atoms with Crippen LogP contribution in [-0.2, 0) is 17.6 Å². The number of hydrogen-bond donors (Lipinski definition) is 1. The summed E-state index contributed by atoms with van der Waals surface area (Å²) in [6.07, 6.45) is 9.36. The Bertz CT molecular complexity index is 403. The van der Waals surface area contributed by atoms with E-state index in [-0.39, 0.29) is 5.78 Å². The van der Waals surface area contributed by atoms with Crippen molar-refractivity contribution in [1.29, 1.82) is 0 Å². The average Bonchev–Trinajstić information content (AvgIpc) is 2.71. The molecule has 2 rings (SSSR count). The molecule has 1 aliphatic carbocycles. The fourth-order valence-corrected chi connectivity index (χ4v) is 2.62. The zero-order valence-corrected chi connectivity index (χ0v) is 10.8. The van der Waals surface area contributed by atoms with Crippen LogP contribution >= 0.6 is 0 Å². The number of carbonyl (C=O) groups excluding carboxylic acids is 1. The third-order valence-corrected chi connectivity index (χ3v) is 3.45. The molecular formula is C15H21NO. The van der Waals surface area contributed by atoms with Crippen LogP contribution in [0.3, 0.4) is 0 Å². The topological polar surface area (TPSA) is 32.9 Å². The number of ketones is 1. The summed E-state index contributed by atoms with van der Waals surface area (Å²) >= 11 is 0. The third kappa shape index (κ3) is 2.87. The Kier molecular flexibility index (Phi) is 3.82. The maximum Gasteiger partial charge on any atom is 0.130 e. The van der Waals surface area contributed by atoms with E-state index in [0.29, 0.717) is 12.3 Å². The monoisotopic (exact) mass is 231 g/mol. The molecule has 17 heavy (non-hydrogen) atoms. The number of carbonyl (C=O) groups is 1. The van der Waals surface area contributed by atoms with Gasteiger partial charge in [-0.05, 0) is 31.4 Å². The lowest BCUT2D eigenvalue weighted by Gasteiger charge is -2.12. The predicted molar refractivity (Wildman–Crippen MR) is 70.3 cm³/mol. The van der Waals surface area contributed by atoms with Crippen LogP contribution in [0.4, 0.5) is 0 Å². The summed E-state index contributed by atoms with van der Waals surface area (Å²) in [4.78, 5) is 14.8. The fourth-order valence-electron chi connectivity index (χ4n) is 2.62. The summed E-state index contributed by atoms with van der Waals surface area (Å²) in [5, 5.41) is 0. The van der Waals surface area contributed by atoms with Gasteiger partial charge in [0.25, 0.3) is 0 Å². The highest BCUT2D eigenvalue weighted by Gasteiger charge is 2.17. The molecular weight excluding hydrogens is 210 g/mol. The molecule has 0 saturated heterocycles. The fraction of sp³-hybridized carbons (Fsp3) is 0.533. The molecule has 0 bridgehead atoms. The third-order valence-electron chi connectivity index (χ3n) is 3.45. The number of rotatable bonds is 5. The van der Waals surface area contributed by atoms with Gasteiger partial charge in [0.15, 0.2) is 0 Å². The van der Waals surface area contributed by atoms with Crippen LogP contribution < -0.4 is 0 Å². The van der Waals surface area contributed by atoms with E-state index in [4.69, 9.17) is 0 Å². The van der Waals surface area contributed by atoms with Crippen molar-refractivity contribution < 1.29 is 4.79 Å². The Morgan fingerprint density at radius 1 is 1.41 bits per heavy atom.